The first kappa shape index (κ1) is 18.0. The van der Waals surface area contributed by atoms with Gasteiger partial charge < -0.3 is 5.32 Å². The van der Waals surface area contributed by atoms with Crippen LogP contribution in [0.25, 0.3) is 0 Å². The van der Waals surface area contributed by atoms with Crippen LogP contribution in [0.4, 0.5) is 26.3 Å². The molecule has 1 rings (SSSR count). The maximum atomic E-state index is 12.5. The smallest absolute Gasteiger partial charge is 0.313 e. The van der Waals surface area contributed by atoms with Crippen molar-refractivity contribution in [1.29, 1.82) is 0 Å². The molecule has 8 heteroatoms. The molecule has 0 spiro atoms. The second-order valence-electron chi connectivity index (χ2n) is 3.85. The molecule has 1 atom stereocenters. The van der Waals surface area contributed by atoms with E-state index in [1.807, 2.05) is 0 Å². The van der Waals surface area contributed by atoms with Crippen molar-refractivity contribution in [3.8, 4) is 0 Å². The van der Waals surface area contributed by atoms with Gasteiger partial charge in [0.15, 0.2) is 0 Å². The van der Waals surface area contributed by atoms with Crippen LogP contribution in [-0.4, -0.2) is 7.05 Å². The molecule has 110 valence electrons. The Morgan fingerprint density at radius 3 is 1.53 bits per heavy atom. The van der Waals surface area contributed by atoms with Gasteiger partial charge in [-0.25, -0.2) is 0 Å². The van der Waals surface area contributed by atoms with Gasteiger partial charge in [-0.2, -0.15) is 26.3 Å². The molecule has 0 bridgehead atoms. The third kappa shape index (κ3) is 4.58. The summed E-state index contributed by atoms with van der Waals surface area (Å²) in [6.07, 6.45) is -9.60. The van der Waals surface area contributed by atoms with Gasteiger partial charge in [-0.05, 0) is 37.7 Å². The molecule has 0 aliphatic rings. The minimum atomic E-state index is -4.80. The summed E-state index contributed by atoms with van der Waals surface area (Å²) in [4.78, 5) is 0. The fourth-order valence-corrected chi connectivity index (χ4v) is 1.40. The Kier molecular flexibility index (Phi) is 5.70. The van der Waals surface area contributed by atoms with Gasteiger partial charge in [-0.1, -0.05) is 0 Å². The highest BCUT2D eigenvalue weighted by molar-refractivity contribution is 5.85. The van der Waals surface area contributed by atoms with E-state index >= 15 is 0 Å². The minimum absolute atomic E-state index is 0. The number of benzene rings is 1. The molecule has 1 N–H and O–H groups in total. The number of halogens is 7. The Bertz CT molecular complexity index is 394. The van der Waals surface area contributed by atoms with Crippen molar-refractivity contribution in [2.24, 2.45) is 0 Å². The molecule has 19 heavy (non-hydrogen) atoms. The van der Waals surface area contributed by atoms with Crippen molar-refractivity contribution < 1.29 is 26.3 Å². The Morgan fingerprint density at radius 2 is 1.26 bits per heavy atom. The van der Waals surface area contributed by atoms with E-state index in [9.17, 15) is 26.3 Å². The molecule has 0 unspecified atom stereocenters. The van der Waals surface area contributed by atoms with Gasteiger partial charge in [-0.3, -0.25) is 0 Å². The highest BCUT2D eigenvalue weighted by atomic mass is 35.5. The number of hydrogen-bond donors (Lipinski definition) is 1. The highest BCUT2D eigenvalue weighted by Crippen LogP contribution is 2.37. The molecule has 0 saturated carbocycles. The summed E-state index contributed by atoms with van der Waals surface area (Å²) in [6, 6.07) is 0.951. The second kappa shape index (κ2) is 6.00. The molecular formula is C11H12ClF6N. The Labute approximate surface area is 112 Å². The van der Waals surface area contributed by atoms with E-state index in [1.165, 1.54) is 14.0 Å². The van der Waals surface area contributed by atoms with Crippen molar-refractivity contribution in [2.45, 2.75) is 25.3 Å². The summed E-state index contributed by atoms with van der Waals surface area (Å²) in [5, 5.41) is 2.60. The molecule has 1 aromatic carbocycles. The molecule has 0 aliphatic carbocycles. The summed E-state index contributed by atoms with van der Waals surface area (Å²) in [5.74, 6) is 0. The summed E-state index contributed by atoms with van der Waals surface area (Å²) in [6.45, 7) is 1.48. The predicted molar refractivity (Wildman–Crippen MR) is 61.2 cm³/mol. The van der Waals surface area contributed by atoms with Crippen LogP contribution in [0.15, 0.2) is 18.2 Å². The van der Waals surface area contributed by atoms with Crippen molar-refractivity contribution in [2.75, 3.05) is 7.05 Å². The van der Waals surface area contributed by atoms with Gasteiger partial charge in [0, 0.05) is 6.04 Å². The first-order valence-electron chi connectivity index (χ1n) is 5.02. The van der Waals surface area contributed by atoms with Gasteiger partial charge in [0.25, 0.3) is 0 Å². The summed E-state index contributed by atoms with van der Waals surface area (Å²) in [7, 11) is 1.46. The maximum absolute atomic E-state index is 12.5. The molecule has 0 fully saturated rings. The molecule has 1 nitrogen and oxygen atoms in total. The van der Waals surface area contributed by atoms with E-state index in [4.69, 9.17) is 0 Å². The van der Waals surface area contributed by atoms with E-state index in [2.05, 4.69) is 5.32 Å². The number of nitrogens with one attached hydrogen (secondary N) is 1. The topological polar surface area (TPSA) is 12.0 Å². The molecule has 0 aliphatic heterocycles. The lowest BCUT2D eigenvalue weighted by Crippen LogP contribution is -2.17. The highest BCUT2D eigenvalue weighted by Gasteiger charge is 2.37. The molecular weight excluding hydrogens is 296 g/mol. The lowest BCUT2D eigenvalue weighted by molar-refractivity contribution is -0.143. The molecule has 0 amide bonds. The van der Waals surface area contributed by atoms with E-state index < -0.39 is 29.5 Å². The molecule has 1 aromatic rings. The van der Waals surface area contributed by atoms with Crippen LogP contribution in [0, 0.1) is 0 Å². The van der Waals surface area contributed by atoms with Crippen LogP contribution in [0.3, 0.4) is 0 Å². The lowest BCUT2D eigenvalue weighted by Gasteiger charge is -2.17. The third-order valence-electron chi connectivity index (χ3n) is 2.54. The van der Waals surface area contributed by atoms with Gasteiger partial charge in [0.1, 0.15) is 0 Å². The van der Waals surface area contributed by atoms with E-state index in [0.29, 0.717) is 0 Å². The third-order valence-corrected chi connectivity index (χ3v) is 2.54. The zero-order valence-electron chi connectivity index (χ0n) is 9.99. The standard InChI is InChI=1S/C11H11F6N.ClH/c1-6(18-2)7-3-8(10(12,13)14)5-9(4-7)11(15,16)17;/h3-6,18H,1-2H3;1H/t6-;/m0./s1. The predicted octanol–water partition coefficient (Wildman–Crippen LogP) is 4.43. The van der Waals surface area contributed by atoms with Crippen LogP contribution in [0.1, 0.15) is 29.7 Å². The van der Waals surface area contributed by atoms with Crippen LogP contribution in [-0.2, 0) is 12.4 Å². The molecule has 0 heterocycles. The maximum Gasteiger partial charge on any atom is 0.416 e. The SMILES string of the molecule is CN[C@@H](C)c1cc(C(F)(F)F)cc(C(F)(F)F)c1.Cl. The minimum Gasteiger partial charge on any atom is -0.313 e. The first-order valence-corrected chi connectivity index (χ1v) is 5.02. The van der Waals surface area contributed by atoms with Crippen LogP contribution in [0.5, 0.6) is 0 Å². The Balaban J connectivity index is 0.00000324. The summed E-state index contributed by atoms with van der Waals surface area (Å²) < 4.78 is 75.1. The fourth-order valence-electron chi connectivity index (χ4n) is 1.40. The van der Waals surface area contributed by atoms with Crippen molar-refractivity contribution in [1.82, 2.24) is 5.32 Å². The monoisotopic (exact) mass is 307 g/mol. The van der Waals surface area contributed by atoms with Gasteiger partial charge in [-0.15, -0.1) is 12.4 Å². The normalized spacial score (nSPS) is 13.9. The number of hydrogen-bond acceptors (Lipinski definition) is 1. The fraction of sp³-hybridized carbons (Fsp3) is 0.455. The zero-order chi connectivity index (χ0) is 14.1. The van der Waals surface area contributed by atoms with Gasteiger partial charge >= 0.3 is 12.4 Å². The van der Waals surface area contributed by atoms with E-state index in [0.717, 1.165) is 12.1 Å². The second-order valence-corrected chi connectivity index (χ2v) is 3.85. The average molecular weight is 308 g/mol. The molecule has 0 radical (unpaired) electrons. The van der Waals surface area contributed by atoms with Gasteiger partial charge in [0.2, 0.25) is 0 Å². The van der Waals surface area contributed by atoms with Crippen molar-refractivity contribution >= 4 is 12.4 Å². The molecule has 0 saturated heterocycles. The summed E-state index contributed by atoms with van der Waals surface area (Å²) in [5.41, 5.74) is -2.65. The zero-order valence-corrected chi connectivity index (χ0v) is 10.8. The first-order chi connectivity index (χ1) is 8.05. The van der Waals surface area contributed by atoms with Crippen LogP contribution >= 0.6 is 12.4 Å². The lowest BCUT2D eigenvalue weighted by atomic mass is 10.0. The number of alkyl halides is 6. The molecule has 0 aromatic heterocycles. The van der Waals surface area contributed by atoms with E-state index in [-0.39, 0.29) is 24.0 Å². The van der Waals surface area contributed by atoms with Crippen molar-refractivity contribution in [3.63, 3.8) is 0 Å². The van der Waals surface area contributed by atoms with Crippen LogP contribution < -0.4 is 5.32 Å². The van der Waals surface area contributed by atoms with Crippen molar-refractivity contribution in [3.05, 3.63) is 34.9 Å². The largest absolute Gasteiger partial charge is 0.416 e. The Morgan fingerprint density at radius 1 is 0.895 bits per heavy atom. The Hall–Kier alpha value is -0.950. The van der Waals surface area contributed by atoms with E-state index in [1.54, 1.807) is 0 Å². The van der Waals surface area contributed by atoms with Gasteiger partial charge in [0.05, 0.1) is 11.1 Å². The van der Waals surface area contributed by atoms with Crippen LogP contribution in [0.2, 0.25) is 0 Å². The average Bonchev–Trinajstić information content (AvgIpc) is 2.25. The number of rotatable bonds is 2. The quantitative estimate of drug-likeness (QED) is 0.797. The summed E-state index contributed by atoms with van der Waals surface area (Å²) >= 11 is 0.